The van der Waals surface area contributed by atoms with Crippen molar-refractivity contribution in [3.8, 4) is 5.69 Å². The van der Waals surface area contributed by atoms with Crippen LogP contribution in [0.3, 0.4) is 0 Å². The van der Waals surface area contributed by atoms with Crippen molar-refractivity contribution in [2.45, 2.75) is 6.54 Å². The van der Waals surface area contributed by atoms with Gasteiger partial charge < -0.3 is 5.32 Å². The summed E-state index contributed by atoms with van der Waals surface area (Å²) in [4.78, 5) is 4.23. The number of benzene rings is 1. The average Bonchev–Trinajstić information content (AvgIpc) is 3.16. The molecule has 2 aromatic rings. The van der Waals surface area contributed by atoms with E-state index in [0.717, 1.165) is 29.8 Å². The normalized spacial score (nSPS) is 24.8. The van der Waals surface area contributed by atoms with Crippen molar-refractivity contribution in [3.63, 3.8) is 0 Å². The van der Waals surface area contributed by atoms with E-state index >= 15 is 0 Å². The van der Waals surface area contributed by atoms with Crippen molar-refractivity contribution in [2.24, 2.45) is 11.8 Å². The van der Waals surface area contributed by atoms with Crippen molar-refractivity contribution in [2.75, 3.05) is 26.2 Å². The summed E-state index contributed by atoms with van der Waals surface area (Å²) in [7, 11) is 0. The number of nitrogens with zero attached hydrogens (tertiary/aromatic N) is 4. The van der Waals surface area contributed by atoms with Gasteiger partial charge in [0.1, 0.15) is 0 Å². The Morgan fingerprint density at radius 2 is 1.81 bits per heavy atom. The van der Waals surface area contributed by atoms with E-state index in [2.05, 4.69) is 20.4 Å². The van der Waals surface area contributed by atoms with Crippen LogP contribution < -0.4 is 5.32 Å². The topological polar surface area (TPSA) is 46.0 Å². The number of hydrogen-bond donors (Lipinski definition) is 1. The molecular formula is C15H20ClN5. The molecule has 112 valence electrons. The van der Waals surface area contributed by atoms with Crippen molar-refractivity contribution >= 4 is 12.4 Å². The van der Waals surface area contributed by atoms with Gasteiger partial charge in [-0.25, -0.2) is 0 Å². The first-order chi connectivity index (χ1) is 9.88. The third-order valence-electron chi connectivity index (χ3n) is 4.38. The van der Waals surface area contributed by atoms with Crippen LogP contribution in [0.1, 0.15) is 5.69 Å². The molecule has 0 aliphatic carbocycles. The summed E-state index contributed by atoms with van der Waals surface area (Å²) in [6.45, 7) is 5.65. The Balaban J connectivity index is 0.00000132. The first-order valence-corrected chi connectivity index (χ1v) is 7.28. The average molecular weight is 306 g/mol. The van der Waals surface area contributed by atoms with Crippen molar-refractivity contribution in [3.05, 3.63) is 42.2 Å². The van der Waals surface area contributed by atoms with E-state index in [0.29, 0.717) is 0 Å². The van der Waals surface area contributed by atoms with Crippen LogP contribution in [0.5, 0.6) is 0 Å². The second-order valence-corrected chi connectivity index (χ2v) is 5.83. The summed E-state index contributed by atoms with van der Waals surface area (Å²) in [6, 6.07) is 10.1. The van der Waals surface area contributed by atoms with Crippen LogP contribution in [0.2, 0.25) is 0 Å². The number of aromatic nitrogens is 3. The van der Waals surface area contributed by atoms with Crippen LogP contribution in [0.15, 0.2) is 36.5 Å². The molecule has 4 rings (SSSR count). The molecule has 3 heterocycles. The highest BCUT2D eigenvalue weighted by atomic mass is 35.5. The van der Waals surface area contributed by atoms with Gasteiger partial charge in [-0.3, -0.25) is 4.90 Å². The van der Waals surface area contributed by atoms with Gasteiger partial charge in [0.15, 0.2) is 0 Å². The third kappa shape index (κ3) is 2.95. The molecule has 0 unspecified atom stereocenters. The molecule has 6 heteroatoms. The van der Waals surface area contributed by atoms with Crippen LogP contribution >= 0.6 is 12.4 Å². The second kappa shape index (κ2) is 6.13. The lowest BCUT2D eigenvalue weighted by Gasteiger charge is -2.14. The van der Waals surface area contributed by atoms with Crippen molar-refractivity contribution in [1.82, 2.24) is 25.2 Å². The van der Waals surface area contributed by atoms with Gasteiger partial charge in [0.05, 0.1) is 17.6 Å². The maximum absolute atomic E-state index is 4.59. The number of rotatable bonds is 3. The molecule has 0 amide bonds. The van der Waals surface area contributed by atoms with E-state index in [9.17, 15) is 0 Å². The minimum absolute atomic E-state index is 0. The lowest BCUT2D eigenvalue weighted by atomic mass is 10.0. The van der Waals surface area contributed by atoms with Crippen molar-refractivity contribution in [1.29, 1.82) is 0 Å². The van der Waals surface area contributed by atoms with Gasteiger partial charge in [0.2, 0.25) is 0 Å². The van der Waals surface area contributed by atoms with E-state index in [-0.39, 0.29) is 12.4 Å². The predicted molar refractivity (Wildman–Crippen MR) is 83.7 cm³/mol. The minimum Gasteiger partial charge on any atom is -0.316 e. The van der Waals surface area contributed by atoms with Gasteiger partial charge >= 0.3 is 0 Å². The number of para-hydroxylation sites is 1. The quantitative estimate of drug-likeness (QED) is 0.929. The summed E-state index contributed by atoms with van der Waals surface area (Å²) >= 11 is 0. The molecule has 1 N–H and O–H groups in total. The summed E-state index contributed by atoms with van der Waals surface area (Å²) in [6.07, 6.45) is 1.89. The van der Waals surface area contributed by atoms with Crippen LogP contribution in [0.25, 0.3) is 5.69 Å². The number of nitrogens with one attached hydrogen (secondary N) is 1. The third-order valence-corrected chi connectivity index (χ3v) is 4.38. The molecule has 0 saturated carbocycles. The molecule has 0 spiro atoms. The Morgan fingerprint density at radius 1 is 1.10 bits per heavy atom. The molecule has 2 aliphatic rings. The zero-order valence-electron chi connectivity index (χ0n) is 11.9. The van der Waals surface area contributed by atoms with Gasteiger partial charge in [-0.15, -0.1) is 12.4 Å². The van der Waals surface area contributed by atoms with E-state index in [1.54, 1.807) is 4.80 Å². The molecule has 5 nitrogen and oxygen atoms in total. The Hall–Kier alpha value is -1.43. The van der Waals surface area contributed by atoms with Crippen LogP contribution in [-0.2, 0) is 6.54 Å². The largest absolute Gasteiger partial charge is 0.316 e. The fourth-order valence-electron chi connectivity index (χ4n) is 3.36. The standard InChI is InChI=1S/C15H19N5.ClH/c1-2-4-15(5-3-1)20-17-8-14(18-20)11-19-9-12-6-16-7-13(12)10-19;/h1-5,8,12-13,16H,6-7,9-11H2;1H/t12-,13+;. The molecule has 21 heavy (non-hydrogen) atoms. The highest BCUT2D eigenvalue weighted by Gasteiger charge is 2.36. The Kier molecular flexibility index (Phi) is 4.24. The molecular weight excluding hydrogens is 286 g/mol. The highest BCUT2D eigenvalue weighted by Crippen LogP contribution is 2.27. The SMILES string of the molecule is Cl.c1ccc(-n2ncc(CN3C[C@H]4CNC[C@H]4C3)n2)cc1. The Labute approximate surface area is 130 Å². The van der Waals surface area contributed by atoms with Gasteiger partial charge in [-0.1, -0.05) is 18.2 Å². The number of likely N-dealkylation sites (tertiary alicyclic amines) is 1. The van der Waals surface area contributed by atoms with E-state index < -0.39 is 0 Å². The predicted octanol–water partition coefficient (Wildman–Crippen LogP) is 1.34. The van der Waals surface area contributed by atoms with Crippen LogP contribution in [-0.4, -0.2) is 46.1 Å². The molecule has 0 radical (unpaired) electrons. The fraction of sp³-hybridized carbons (Fsp3) is 0.467. The molecule has 2 aliphatic heterocycles. The maximum atomic E-state index is 4.59. The lowest BCUT2D eigenvalue weighted by molar-refractivity contribution is 0.301. The smallest absolute Gasteiger partial charge is 0.0971 e. The van der Waals surface area contributed by atoms with Crippen molar-refractivity contribution < 1.29 is 0 Å². The van der Waals surface area contributed by atoms with Gasteiger partial charge in [-0.05, 0) is 37.1 Å². The molecule has 1 aromatic heterocycles. The summed E-state index contributed by atoms with van der Waals surface area (Å²) < 4.78 is 0. The summed E-state index contributed by atoms with van der Waals surface area (Å²) in [5, 5.41) is 12.4. The first kappa shape index (κ1) is 14.5. The van der Waals surface area contributed by atoms with Gasteiger partial charge in [0.25, 0.3) is 0 Å². The number of hydrogen-bond acceptors (Lipinski definition) is 4. The fourth-order valence-corrected chi connectivity index (χ4v) is 3.36. The number of fused-ring (bicyclic) bond motifs is 1. The van der Waals surface area contributed by atoms with E-state index in [1.165, 1.54) is 26.2 Å². The highest BCUT2D eigenvalue weighted by molar-refractivity contribution is 5.85. The van der Waals surface area contributed by atoms with Gasteiger partial charge in [0, 0.05) is 19.6 Å². The molecule has 2 atom stereocenters. The Morgan fingerprint density at radius 3 is 2.52 bits per heavy atom. The Bertz CT molecular complexity index is 573. The molecule has 2 fully saturated rings. The maximum Gasteiger partial charge on any atom is 0.0971 e. The van der Waals surface area contributed by atoms with Gasteiger partial charge in [-0.2, -0.15) is 15.0 Å². The van der Waals surface area contributed by atoms with Crippen LogP contribution in [0, 0.1) is 11.8 Å². The summed E-state index contributed by atoms with van der Waals surface area (Å²) in [5.74, 6) is 1.67. The zero-order valence-corrected chi connectivity index (χ0v) is 12.7. The first-order valence-electron chi connectivity index (χ1n) is 7.28. The zero-order chi connectivity index (χ0) is 13.4. The lowest BCUT2D eigenvalue weighted by Crippen LogP contribution is -2.25. The van der Waals surface area contributed by atoms with E-state index in [1.807, 2.05) is 36.5 Å². The molecule has 2 saturated heterocycles. The second-order valence-electron chi connectivity index (χ2n) is 5.83. The minimum atomic E-state index is 0. The van der Waals surface area contributed by atoms with Crippen LogP contribution in [0.4, 0.5) is 0 Å². The summed E-state index contributed by atoms with van der Waals surface area (Å²) in [5.41, 5.74) is 2.07. The van der Waals surface area contributed by atoms with E-state index in [4.69, 9.17) is 0 Å². The number of halogens is 1. The molecule has 0 bridgehead atoms. The monoisotopic (exact) mass is 305 g/mol. The molecule has 1 aromatic carbocycles.